The summed E-state index contributed by atoms with van der Waals surface area (Å²) in [5, 5.41) is 11.9. The smallest absolute Gasteiger partial charge is 0.337 e. The summed E-state index contributed by atoms with van der Waals surface area (Å²) in [6.07, 6.45) is 2.01. The SMILES string of the molecule is O=C(O)c1cccc(F)c1NCC1CCCOC1. The van der Waals surface area contributed by atoms with E-state index in [-0.39, 0.29) is 11.3 Å². The Kier molecular flexibility index (Phi) is 4.15. The third-order valence-electron chi connectivity index (χ3n) is 3.07. The molecule has 0 aromatic heterocycles. The summed E-state index contributed by atoms with van der Waals surface area (Å²) in [5.74, 6) is -1.36. The highest BCUT2D eigenvalue weighted by Crippen LogP contribution is 2.21. The number of aromatic carboxylic acids is 1. The summed E-state index contributed by atoms with van der Waals surface area (Å²) in [5.41, 5.74) is 0.0299. The van der Waals surface area contributed by atoms with Crippen LogP contribution >= 0.6 is 0 Å². The lowest BCUT2D eigenvalue weighted by Gasteiger charge is -2.23. The molecule has 1 aromatic carbocycles. The van der Waals surface area contributed by atoms with Crippen molar-refractivity contribution in [3.05, 3.63) is 29.6 Å². The molecule has 0 saturated carbocycles. The molecule has 2 rings (SSSR count). The predicted molar refractivity (Wildman–Crippen MR) is 65.4 cm³/mol. The molecule has 1 atom stereocenters. The predicted octanol–water partition coefficient (Wildman–Crippen LogP) is 2.36. The van der Waals surface area contributed by atoms with E-state index in [9.17, 15) is 9.18 Å². The van der Waals surface area contributed by atoms with Crippen molar-refractivity contribution in [2.75, 3.05) is 25.1 Å². The quantitative estimate of drug-likeness (QED) is 0.864. The highest BCUT2D eigenvalue weighted by molar-refractivity contribution is 5.94. The maximum atomic E-state index is 13.6. The molecule has 4 nitrogen and oxygen atoms in total. The molecule has 1 aromatic rings. The first-order valence-electron chi connectivity index (χ1n) is 6.02. The van der Waals surface area contributed by atoms with Crippen LogP contribution in [0.1, 0.15) is 23.2 Å². The fraction of sp³-hybridized carbons (Fsp3) is 0.462. The number of ether oxygens (including phenoxy) is 1. The van der Waals surface area contributed by atoms with E-state index in [1.807, 2.05) is 0 Å². The van der Waals surface area contributed by atoms with Crippen LogP contribution in [0.25, 0.3) is 0 Å². The second-order valence-electron chi connectivity index (χ2n) is 4.43. The van der Waals surface area contributed by atoms with Crippen LogP contribution in [-0.4, -0.2) is 30.8 Å². The van der Waals surface area contributed by atoms with Gasteiger partial charge in [-0.3, -0.25) is 0 Å². The third kappa shape index (κ3) is 2.98. The lowest BCUT2D eigenvalue weighted by atomic mass is 10.0. The van der Waals surface area contributed by atoms with Crippen LogP contribution in [0.3, 0.4) is 0 Å². The molecule has 1 saturated heterocycles. The van der Waals surface area contributed by atoms with E-state index in [0.717, 1.165) is 19.4 Å². The molecule has 0 radical (unpaired) electrons. The van der Waals surface area contributed by atoms with Crippen molar-refractivity contribution in [1.29, 1.82) is 0 Å². The van der Waals surface area contributed by atoms with E-state index in [4.69, 9.17) is 9.84 Å². The number of halogens is 1. The van der Waals surface area contributed by atoms with Gasteiger partial charge < -0.3 is 15.2 Å². The summed E-state index contributed by atoms with van der Waals surface area (Å²) in [4.78, 5) is 11.0. The summed E-state index contributed by atoms with van der Waals surface area (Å²) in [6.45, 7) is 1.95. The molecule has 1 unspecified atom stereocenters. The third-order valence-corrected chi connectivity index (χ3v) is 3.07. The number of anilines is 1. The molecule has 0 bridgehead atoms. The second-order valence-corrected chi connectivity index (χ2v) is 4.43. The first kappa shape index (κ1) is 12.8. The maximum Gasteiger partial charge on any atom is 0.337 e. The zero-order valence-corrected chi connectivity index (χ0v) is 9.99. The summed E-state index contributed by atoms with van der Waals surface area (Å²) in [7, 11) is 0. The molecule has 0 amide bonds. The van der Waals surface area contributed by atoms with Gasteiger partial charge in [-0.2, -0.15) is 0 Å². The Bertz CT molecular complexity index is 430. The van der Waals surface area contributed by atoms with Crippen molar-refractivity contribution < 1.29 is 19.0 Å². The molecule has 0 spiro atoms. The summed E-state index contributed by atoms with van der Waals surface area (Å²) in [6, 6.07) is 4.05. The monoisotopic (exact) mass is 253 g/mol. The first-order chi connectivity index (χ1) is 8.68. The number of rotatable bonds is 4. The highest BCUT2D eigenvalue weighted by Gasteiger charge is 2.17. The van der Waals surface area contributed by atoms with Crippen molar-refractivity contribution in [1.82, 2.24) is 0 Å². The average Bonchev–Trinajstić information content (AvgIpc) is 2.38. The van der Waals surface area contributed by atoms with Crippen LogP contribution in [-0.2, 0) is 4.74 Å². The maximum absolute atomic E-state index is 13.6. The van der Waals surface area contributed by atoms with E-state index in [0.29, 0.717) is 19.1 Å². The van der Waals surface area contributed by atoms with E-state index < -0.39 is 11.8 Å². The molecule has 1 fully saturated rings. The van der Waals surface area contributed by atoms with Crippen LogP contribution in [0.5, 0.6) is 0 Å². The minimum absolute atomic E-state index is 0.0354. The fourth-order valence-electron chi connectivity index (χ4n) is 2.10. The van der Waals surface area contributed by atoms with E-state index >= 15 is 0 Å². The van der Waals surface area contributed by atoms with Crippen molar-refractivity contribution in [2.24, 2.45) is 5.92 Å². The first-order valence-corrected chi connectivity index (χ1v) is 6.02. The van der Waals surface area contributed by atoms with Crippen molar-refractivity contribution in [3.63, 3.8) is 0 Å². The number of carboxylic acid groups (broad SMARTS) is 1. The molecule has 2 N–H and O–H groups in total. The largest absolute Gasteiger partial charge is 0.478 e. The van der Waals surface area contributed by atoms with Crippen molar-refractivity contribution in [3.8, 4) is 0 Å². The Morgan fingerprint density at radius 1 is 1.56 bits per heavy atom. The Morgan fingerprint density at radius 3 is 3.06 bits per heavy atom. The van der Waals surface area contributed by atoms with E-state index in [2.05, 4.69) is 5.32 Å². The van der Waals surface area contributed by atoms with Gasteiger partial charge >= 0.3 is 5.97 Å². The number of carbonyl (C=O) groups is 1. The van der Waals surface area contributed by atoms with Gasteiger partial charge in [-0.25, -0.2) is 9.18 Å². The molecule has 1 aliphatic heterocycles. The topological polar surface area (TPSA) is 58.6 Å². The van der Waals surface area contributed by atoms with Gasteiger partial charge in [0, 0.05) is 13.2 Å². The number of benzene rings is 1. The summed E-state index contributed by atoms with van der Waals surface area (Å²) < 4.78 is 18.9. The fourth-order valence-corrected chi connectivity index (χ4v) is 2.10. The molecule has 1 heterocycles. The van der Waals surface area contributed by atoms with E-state index in [1.54, 1.807) is 0 Å². The number of nitrogens with one attached hydrogen (secondary N) is 1. The van der Waals surface area contributed by atoms with Gasteiger partial charge in [0.05, 0.1) is 17.9 Å². The van der Waals surface area contributed by atoms with Crippen LogP contribution in [0, 0.1) is 11.7 Å². The molecular formula is C13H16FNO3. The van der Waals surface area contributed by atoms with E-state index in [1.165, 1.54) is 18.2 Å². The van der Waals surface area contributed by atoms with Gasteiger partial charge in [-0.1, -0.05) is 6.07 Å². The lowest BCUT2D eigenvalue weighted by molar-refractivity contribution is 0.0594. The highest BCUT2D eigenvalue weighted by atomic mass is 19.1. The number of carboxylic acids is 1. The van der Waals surface area contributed by atoms with Gasteiger partial charge in [-0.15, -0.1) is 0 Å². The van der Waals surface area contributed by atoms with Gasteiger partial charge in [0.1, 0.15) is 5.82 Å². The minimum atomic E-state index is -1.13. The zero-order chi connectivity index (χ0) is 13.0. The van der Waals surface area contributed by atoms with Crippen LogP contribution in [0.2, 0.25) is 0 Å². The minimum Gasteiger partial charge on any atom is -0.478 e. The molecule has 98 valence electrons. The number of hydrogen-bond acceptors (Lipinski definition) is 3. The molecule has 1 aliphatic rings. The van der Waals surface area contributed by atoms with Gasteiger partial charge in [0.15, 0.2) is 0 Å². The van der Waals surface area contributed by atoms with Gasteiger partial charge in [-0.05, 0) is 30.9 Å². The molecule has 5 heteroatoms. The summed E-state index contributed by atoms with van der Waals surface area (Å²) >= 11 is 0. The Labute approximate surface area is 105 Å². The number of para-hydroxylation sites is 1. The van der Waals surface area contributed by atoms with Gasteiger partial charge in [0.25, 0.3) is 0 Å². The van der Waals surface area contributed by atoms with Crippen LogP contribution in [0.15, 0.2) is 18.2 Å². The molecular weight excluding hydrogens is 237 g/mol. The van der Waals surface area contributed by atoms with Crippen molar-refractivity contribution >= 4 is 11.7 Å². The van der Waals surface area contributed by atoms with Crippen LogP contribution in [0.4, 0.5) is 10.1 Å². The van der Waals surface area contributed by atoms with Crippen molar-refractivity contribution in [2.45, 2.75) is 12.8 Å². The second kappa shape index (κ2) is 5.82. The molecule has 18 heavy (non-hydrogen) atoms. The Hall–Kier alpha value is -1.62. The Morgan fingerprint density at radius 2 is 2.39 bits per heavy atom. The zero-order valence-electron chi connectivity index (χ0n) is 9.99. The lowest BCUT2D eigenvalue weighted by Crippen LogP contribution is -2.25. The standard InChI is InChI=1S/C13H16FNO3/c14-11-5-1-4-10(13(16)17)12(11)15-7-9-3-2-6-18-8-9/h1,4-5,9,15H,2-3,6-8H2,(H,16,17). The normalized spacial score (nSPS) is 19.5. The van der Waals surface area contributed by atoms with Gasteiger partial charge in [0.2, 0.25) is 0 Å². The van der Waals surface area contributed by atoms with Crippen LogP contribution < -0.4 is 5.32 Å². The molecule has 0 aliphatic carbocycles. The number of hydrogen-bond donors (Lipinski definition) is 2. The average molecular weight is 253 g/mol. The Balaban J connectivity index is 2.05.